The molecule has 0 heterocycles. The second-order valence-corrected chi connectivity index (χ2v) is 15.2. The van der Waals surface area contributed by atoms with Crippen molar-refractivity contribution >= 4 is 43.1 Å². The summed E-state index contributed by atoms with van der Waals surface area (Å²) >= 11 is 0. The Balaban J connectivity index is 1.25. The molecule has 0 unspecified atom stereocenters. The minimum absolute atomic E-state index is 1.20. The van der Waals surface area contributed by atoms with Gasteiger partial charge in [-0.15, -0.1) is 0 Å². The Morgan fingerprint density at radius 1 is 0.172 bits per heavy atom. The molecule has 0 aliphatic heterocycles. The number of rotatable bonds is 6. The summed E-state index contributed by atoms with van der Waals surface area (Å²) in [5.74, 6) is 0. The fourth-order valence-electron chi connectivity index (χ4n) is 9.15. The molecule has 0 N–H and O–H groups in total. The largest absolute Gasteiger partial charge is 0.0622 e. The van der Waals surface area contributed by atoms with E-state index in [4.69, 9.17) is 0 Å². The zero-order chi connectivity index (χ0) is 38.4. The number of hydrogen-bond donors (Lipinski definition) is 0. The van der Waals surface area contributed by atoms with Crippen LogP contribution in [0.1, 0.15) is 0 Å². The van der Waals surface area contributed by atoms with Crippen molar-refractivity contribution in [1.29, 1.82) is 0 Å². The molecule has 11 aromatic rings. The lowest BCUT2D eigenvalue weighted by molar-refractivity contribution is 1.60. The van der Waals surface area contributed by atoms with E-state index >= 15 is 0 Å². The van der Waals surface area contributed by atoms with Crippen LogP contribution in [0.2, 0.25) is 0 Å². The van der Waals surface area contributed by atoms with Crippen molar-refractivity contribution in [3.8, 4) is 66.8 Å². The lowest BCUT2D eigenvalue weighted by Gasteiger charge is -2.21. The average molecular weight is 735 g/mol. The summed E-state index contributed by atoms with van der Waals surface area (Å²) in [4.78, 5) is 0. The van der Waals surface area contributed by atoms with Gasteiger partial charge in [0.1, 0.15) is 0 Å². The van der Waals surface area contributed by atoms with Crippen molar-refractivity contribution in [2.45, 2.75) is 0 Å². The summed E-state index contributed by atoms with van der Waals surface area (Å²) < 4.78 is 0. The van der Waals surface area contributed by atoms with Gasteiger partial charge in [-0.2, -0.15) is 0 Å². The predicted octanol–water partition coefficient (Wildman–Crippen LogP) is 16.3. The molecule has 0 nitrogen and oxygen atoms in total. The summed E-state index contributed by atoms with van der Waals surface area (Å²) in [5.41, 5.74) is 14.7. The van der Waals surface area contributed by atoms with Gasteiger partial charge in [-0.1, -0.05) is 206 Å². The van der Waals surface area contributed by atoms with E-state index in [9.17, 15) is 0 Å². The molecule has 270 valence electrons. The normalized spacial score (nSPS) is 11.4. The molecule has 0 heteroatoms. The SMILES string of the molecule is c1ccc(-c2cc3ccccc3cc2-c2ccc3c(c2)c(-c2ccccc2)c(-c2ccccc2)c2cc(-c4c(-c5ccccc5)ccc5ccccc45)ccc23)cc1. The van der Waals surface area contributed by atoms with Gasteiger partial charge in [0.2, 0.25) is 0 Å². The molecule has 11 rings (SSSR count). The predicted molar refractivity (Wildman–Crippen MR) is 249 cm³/mol. The van der Waals surface area contributed by atoms with Crippen molar-refractivity contribution in [3.63, 3.8) is 0 Å². The Morgan fingerprint density at radius 3 is 1.14 bits per heavy atom. The number of fused-ring (bicyclic) bond motifs is 5. The quantitative estimate of drug-likeness (QED) is 0.149. The summed E-state index contributed by atoms with van der Waals surface area (Å²) in [6.07, 6.45) is 0. The third kappa shape index (κ3) is 5.78. The molecule has 0 saturated carbocycles. The van der Waals surface area contributed by atoms with E-state index in [2.05, 4.69) is 231 Å². The van der Waals surface area contributed by atoms with Crippen molar-refractivity contribution in [1.82, 2.24) is 0 Å². The second kappa shape index (κ2) is 14.2. The minimum atomic E-state index is 1.20. The third-order valence-corrected chi connectivity index (χ3v) is 11.8. The van der Waals surface area contributed by atoms with Gasteiger partial charge in [0.05, 0.1) is 0 Å². The van der Waals surface area contributed by atoms with Crippen LogP contribution in [0.4, 0.5) is 0 Å². The van der Waals surface area contributed by atoms with Gasteiger partial charge in [-0.3, -0.25) is 0 Å². The van der Waals surface area contributed by atoms with E-state index in [-0.39, 0.29) is 0 Å². The summed E-state index contributed by atoms with van der Waals surface area (Å²) in [5, 5.41) is 9.93. The molecule has 0 aliphatic rings. The standard InChI is InChI=1S/C58H38/c1-5-17-39(18-6-1)49-32-29-41-21-15-16-28-48(41)56(49)47-31-34-51-50-33-30-46(53-36-45-27-14-13-26-44(45)35-52(53)40-19-7-2-8-20-40)37-54(50)57(42-22-9-3-10-23-42)58(55(51)38-47)43-24-11-4-12-25-43/h1-38H. The van der Waals surface area contributed by atoms with Gasteiger partial charge in [-0.25, -0.2) is 0 Å². The van der Waals surface area contributed by atoms with Crippen LogP contribution in [0.25, 0.3) is 110 Å². The maximum atomic E-state index is 2.46. The molecule has 0 aliphatic carbocycles. The monoisotopic (exact) mass is 734 g/mol. The molecule has 0 spiro atoms. The van der Waals surface area contributed by atoms with E-state index in [1.165, 1.54) is 110 Å². The van der Waals surface area contributed by atoms with E-state index in [0.29, 0.717) is 0 Å². The minimum Gasteiger partial charge on any atom is -0.0622 e. The molecular weight excluding hydrogens is 697 g/mol. The van der Waals surface area contributed by atoms with Crippen molar-refractivity contribution in [3.05, 3.63) is 231 Å². The molecule has 11 aromatic carbocycles. The second-order valence-electron chi connectivity index (χ2n) is 15.2. The highest BCUT2D eigenvalue weighted by Gasteiger charge is 2.21. The zero-order valence-corrected chi connectivity index (χ0v) is 31.9. The Morgan fingerprint density at radius 2 is 0.586 bits per heavy atom. The lowest BCUT2D eigenvalue weighted by atomic mass is 9.82. The van der Waals surface area contributed by atoms with Gasteiger partial charge in [0.15, 0.2) is 0 Å². The summed E-state index contributed by atoms with van der Waals surface area (Å²) in [7, 11) is 0. The van der Waals surface area contributed by atoms with Crippen LogP contribution >= 0.6 is 0 Å². The highest BCUT2D eigenvalue weighted by atomic mass is 14.2. The smallest absolute Gasteiger partial charge is 0.00201 e. The Kier molecular flexibility index (Phi) is 8.26. The van der Waals surface area contributed by atoms with Gasteiger partial charge in [0.25, 0.3) is 0 Å². The Hall–Kier alpha value is -7.54. The first-order chi connectivity index (χ1) is 28.8. The van der Waals surface area contributed by atoms with Crippen LogP contribution in [0.3, 0.4) is 0 Å². The van der Waals surface area contributed by atoms with Crippen LogP contribution < -0.4 is 0 Å². The first-order valence-corrected chi connectivity index (χ1v) is 20.1. The van der Waals surface area contributed by atoms with E-state index in [1.807, 2.05) is 0 Å². The zero-order valence-electron chi connectivity index (χ0n) is 31.9. The fourth-order valence-corrected chi connectivity index (χ4v) is 9.15. The fraction of sp³-hybridized carbons (Fsp3) is 0. The van der Waals surface area contributed by atoms with Crippen molar-refractivity contribution in [2.24, 2.45) is 0 Å². The first-order valence-electron chi connectivity index (χ1n) is 20.1. The van der Waals surface area contributed by atoms with E-state index in [0.717, 1.165) is 0 Å². The van der Waals surface area contributed by atoms with Crippen molar-refractivity contribution < 1.29 is 0 Å². The van der Waals surface area contributed by atoms with E-state index < -0.39 is 0 Å². The van der Waals surface area contributed by atoms with Crippen molar-refractivity contribution in [2.75, 3.05) is 0 Å². The van der Waals surface area contributed by atoms with Gasteiger partial charge in [0, 0.05) is 0 Å². The third-order valence-electron chi connectivity index (χ3n) is 11.8. The summed E-state index contributed by atoms with van der Waals surface area (Å²) in [6.45, 7) is 0. The number of hydrogen-bond acceptors (Lipinski definition) is 0. The van der Waals surface area contributed by atoms with Gasteiger partial charge < -0.3 is 0 Å². The number of benzene rings is 11. The summed E-state index contributed by atoms with van der Waals surface area (Å²) in [6, 6.07) is 84.7. The molecule has 0 fully saturated rings. The van der Waals surface area contributed by atoms with Crippen LogP contribution in [0, 0.1) is 0 Å². The molecule has 0 radical (unpaired) electrons. The van der Waals surface area contributed by atoms with Gasteiger partial charge in [-0.05, 0) is 134 Å². The Labute approximate surface area is 339 Å². The first kappa shape index (κ1) is 33.8. The van der Waals surface area contributed by atoms with Crippen LogP contribution in [0.5, 0.6) is 0 Å². The molecule has 0 saturated heterocycles. The maximum Gasteiger partial charge on any atom is -0.00201 e. The van der Waals surface area contributed by atoms with Crippen LogP contribution in [0.15, 0.2) is 231 Å². The topological polar surface area (TPSA) is 0 Å². The molecule has 0 aromatic heterocycles. The van der Waals surface area contributed by atoms with E-state index in [1.54, 1.807) is 0 Å². The molecule has 0 bridgehead atoms. The average Bonchev–Trinajstić information content (AvgIpc) is 3.31. The van der Waals surface area contributed by atoms with Crippen LogP contribution in [-0.4, -0.2) is 0 Å². The molecule has 0 atom stereocenters. The molecule has 58 heavy (non-hydrogen) atoms. The van der Waals surface area contributed by atoms with Crippen LogP contribution in [-0.2, 0) is 0 Å². The highest BCUT2D eigenvalue weighted by molar-refractivity contribution is 6.23. The molecular formula is C58H38. The lowest BCUT2D eigenvalue weighted by Crippen LogP contribution is -1.94. The Bertz CT molecular complexity index is 3290. The maximum absolute atomic E-state index is 2.46. The van der Waals surface area contributed by atoms with Gasteiger partial charge >= 0.3 is 0 Å². The molecule has 0 amide bonds. The highest BCUT2D eigenvalue weighted by Crippen LogP contribution is 2.48.